The molecule has 2 heterocycles. The van der Waals surface area contributed by atoms with E-state index in [1.165, 1.54) is 5.01 Å². The predicted molar refractivity (Wildman–Crippen MR) is 151 cm³/mol. The maximum absolute atomic E-state index is 13.6. The van der Waals surface area contributed by atoms with E-state index in [1.54, 1.807) is 12.1 Å². The highest BCUT2D eigenvalue weighted by Gasteiger charge is 2.35. The monoisotopic (exact) mass is 591 g/mol. The average molecular weight is 593 g/mol. The minimum atomic E-state index is -0.955. The van der Waals surface area contributed by atoms with E-state index in [9.17, 15) is 14.4 Å². The van der Waals surface area contributed by atoms with Gasteiger partial charge in [0, 0.05) is 45.2 Å². The van der Waals surface area contributed by atoms with Gasteiger partial charge in [0.2, 0.25) is 5.91 Å². The van der Waals surface area contributed by atoms with Gasteiger partial charge in [0.1, 0.15) is 0 Å². The predicted octanol–water partition coefficient (Wildman–Crippen LogP) is 6.54. The zero-order valence-electron chi connectivity index (χ0n) is 20.2. The number of amides is 1. The summed E-state index contributed by atoms with van der Waals surface area (Å²) in [4.78, 5) is 40.8. The number of carbonyl (C=O) groups is 2. The first-order valence-electron chi connectivity index (χ1n) is 12.1. The first kappa shape index (κ1) is 25.9. The summed E-state index contributed by atoms with van der Waals surface area (Å²) in [6.45, 7) is 0. The number of H-pyrrole nitrogens is 1. The Labute approximate surface area is 231 Å². The van der Waals surface area contributed by atoms with Crippen LogP contribution in [0.3, 0.4) is 0 Å². The molecule has 1 atom stereocenters. The van der Waals surface area contributed by atoms with Crippen molar-refractivity contribution in [1.29, 1.82) is 0 Å². The van der Waals surface area contributed by atoms with E-state index in [0.29, 0.717) is 28.2 Å². The van der Waals surface area contributed by atoms with Crippen molar-refractivity contribution in [2.75, 3.05) is 0 Å². The lowest BCUT2D eigenvalue weighted by Crippen LogP contribution is -2.27. The second kappa shape index (κ2) is 10.9. The van der Waals surface area contributed by atoms with Crippen LogP contribution < -0.4 is 5.56 Å². The molecule has 38 heavy (non-hydrogen) atoms. The number of carbonyl (C=O) groups excluding carboxylic acids is 1. The molecule has 5 rings (SSSR count). The van der Waals surface area contributed by atoms with Crippen LogP contribution in [-0.4, -0.2) is 32.7 Å². The molecule has 0 spiro atoms. The molecule has 3 aromatic carbocycles. The van der Waals surface area contributed by atoms with Crippen LogP contribution in [0.5, 0.6) is 0 Å². The summed E-state index contributed by atoms with van der Waals surface area (Å²) in [6, 6.07) is 22.0. The Hall–Kier alpha value is -3.75. The fourth-order valence-electron chi connectivity index (χ4n) is 4.78. The number of nitrogens with zero attached hydrogens (tertiary/aromatic N) is 2. The van der Waals surface area contributed by atoms with Crippen LogP contribution in [0.15, 0.2) is 87.2 Å². The van der Waals surface area contributed by atoms with Gasteiger partial charge in [-0.3, -0.25) is 14.4 Å². The molecule has 1 aliphatic rings. The number of benzene rings is 3. The summed E-state index contributed by atoms with van der Waals surface area (Å²) in [5.41, 5.74) is 3.66. The molecule has 0 saturated carbocycles. The van der Waals surface area contributed by atoms with E-state index >= 15 is 0 Å². The quantitative estimate of drug-likeness (QED) is 0.254. The van der Waals surface area contributed by atoms with E-state index in [0.717, 1.165) is 26.5 Å². The lowest BCUT2D eigenvalue weighted by Gasteiger charge is -2.22. The highest BCUT2D eigenvalue weighted by atomic mass is 79.9. The molecule has 0 unspecified atom stereocenters. The average Bonchev–Trinajstić information content (AvgIpc) is 3.34. The topological polar surface area (TPSA) is 103 Å². The Morgan fingerprint density at radius 3 is 2.42 bits per heavy atom. The van der Waals surface area contributed by atoms with Crippen molar-refractivity contribution in [2.45, 2.75) is 31.7 Å². The van der Waals surface area contributed by atoms with Crippen LogP contribution in [0.1, 0.15) is 42.9 Å². The summed E-state index contributed by atoms with van der Waals surface area (Å²) < 4.78 is 0.899. The van der Waals surface area contributed by atoms with Gasteiger partial charge < -0.3 is 10.1 Å². The van der Waals surface area contributed by atoms with Crippen LogP contribution in [0.4, 0.5) is 0 Å². The standard InChI is InChI=1S/C29H23BrClN3O4/c30-19-12-8-17(9-13-19)24-16-23(33-34(24)25(35)6-3-7-26(36)37)28-27(18-10-14-20(31)15-11-18)21-4-1-2-5-22(21)32-29(28)38/h1-2,4-5,8-15,24H,3,6-7,16H2,(H,32,38)(H,36,37)/t24-/m1/s1. The Morgan fingerprint density at radius 1 is 1.00 bits per heavy atom. The molecular weight excluding hydrogens is 570 g/mol. The van der Waals surface area contributed by atoms with Gasteiger partial charge in [-0.1, -0.05) is 70.0 Å². The zero-order chi connectivity index (χ0) is 26.8. The summed E-state index contributed by atoms with van der Waals surface area (Å²) in [5, 5.41) is 16.5. The van der Waals surface area contributed by atoms with Crippen molar-refractivity contribution in [3.63, 3.8) is 0 Å². The van der Waals surface area contributed by atoms with Crippen molar-refractivity contribution in [3.05, 3.63) is 104 Å². The van der Waals surface area contributed by atoms with Crippen molar-refractivity contribution in [2.24, 2.45) is 5.10 Å². The van der Waals surface area contributed by atoms with Gasteiger partial charge in [0.05, 0.1) is 17.3 Å². The van der Waals surface area contributed by atoms with Gasteiger partial charge >= 0.3 is 5.97 Å². The summed E-state index contributed by atoms with van der Waals surface area (Å²) in [6.07, 6.45) is 0.460. The van der Waals surface area contributed by atoms with Crippen LogP contribution in [0.25, 0.3) is 22.0 Å². The number of fused-ring (bicyclic) bond motifs is 1. The fraction of sp³-hybridized carbons (Fsp3) is 0.172. The van der Waals surface area contributed by atoms with Gasteiger partial charge in [0.25, 0.3) is 5.56 Å². The lowest BCUT2D eigenvalue weighted by atomic mass is 9.91. The van der Waals surface area contributed by atoms with E-state index in [4.69, 9.17) is 21.8 Å². The number of aliphatic carboxylic acids is 1. The molecule has 0 fully saturated rings. The molecule has 0 bridgehead atoms. The lowest BCUT2D eigenvalue weighted by molar-refractivity contribution is -0.137. The normalized spacial score (nSPS) is 15.1. The van der Waals surface area contributed by atoms with Crippen molar-refractivity contribution in [3.8, 4) is 11.1 Å². The number of hydrogen-bond acceptors (Lipinski definition) is 4. The molecule has 1 aromatic heterocycles. The smallest absolute Gasteiger partial charge is 0.303 e. The molecule has 0 radical (unpaired) electrons. The Balaban J connectivity index is 1.64. The molecule has 0 aliphatic carbocycles. The van der Waals surface area contributed by atoms with Crippen LogP contribution in [0.2, 0.25) is 5.02 Å². The number of hydrazone groups is 1. The largest absolute Gasteiger partial charge is 0.481 e. The molecule has 0 saturated heterocycles. The third-order valence-corrected chi connectivity index (χ3v) is 7.33. The fourth-order valence-corrected chi connectivity index (χ4v) is 5.17. The SMILES string of the molecule is O=C(O)CCCC(=O)N1N=C(c2c(-c3ccc(Cl)cc3)c3ccccc3[nH]c2=O)C[C@@H]1c1ccc(Br)cc1. The second-order valence-corrected chi connectivity index (χ2v) is 10.4. The number of aromatic amines is 1. The number of halogens is 2. The van der Waals surface area contributed by atoms with Crippen LogP contribution in [-0.2, 0) is 9.59 Å². The molecule has 1 aliphatic heterocycles. The summed E-state index contributed by atoms with van der Waals surface area (Å²) in [7, 11) is 0. The Bertz CT molecular complexity index is 1610. The number of para-hydroxylation sites is 1. The Kier molecular flexibility index (Phi) is 7.44. The minimum Gasteiger partial charge on any atom is -0.481 e. The van der Waals surface area contributed by atoms with Crippen molar-refractivity contribution in [1.82, 2.24) is 9.99 Å². The van der Waals surface area contributed by atoms with Gasteiger partial charge in [-0.25, -0.2) is 5.01 Å². The highest BCUT2D eigenvalue weighted by molar-refractivity contribution is 9.10. The molecule has 192 valence electrons. The van der Waals surface area contributed by atoms with Crippen molar-refractivity contribution < 1.29 is 14.7 Å². The highest BCUT2D eigenvalue weighted by Crippen LogP contribution is 2.37. The third-order valence-electron chi connectivity index (χ3n) is 6.55. The molecule has 7 nitrogen and oxygen atoms in total. The van der Waals surface area contributed by atoms with E-state index in [1.807, 2.05) is 60.7 Å². The number of nitrogens with one attached hydrogen (secondary N) is 1. The number of aromatic nitrogens is 1. The van der Waals surface area contributed by atoms with Gasteiger partial charge in [-0.05, 0) is 47.9 Å². The Morgan fingerprint density at radius 2 is 1.71 bits per heavy atom. The van der Waals surface area contributed by atoms with Crippen LogP contribution in [0, 0.1) is 0 Å². The van der Waals surface area contributed by atoms with E-state index < -0.39 is 12.0 Å². The zero-order valence-corrected chi connectivity index (χ0v) is 22.5. The number of rotatable bonds is 7. The number of carboxylic acids is 1. The first-order valence-corrected chi connectivity index (χ1v) is 13.3. The summed E-state index contributed by atoms with van der Waals surface area (Å²) in [5.74, 6) is -1.25. The number of carboxylic acid groups (broad SMARTS) is 1. The molecule has 2 N–H and O–H groups in total. The molecule has 4 aromatic rings. The van der Waals surface area contributed by atoms with Crippen LogP contribution >= 0.6 is 27.5 Å². The number of hydrogen-bond donors (Lipinski definition) is 2. The molecular formula is C29H23BrClN3O4. The van der Waals surface area contributed by atoms with Crippen molar-refractivity contribution >= 4 is 56.0 Å². The van der Waals surface area contributed by atoms with E-state index in [2.05, 4.69) is 20.9 Å². The summed E-state index contributed by atoms with van der Waals surface area (Å²) >= 11 is 9.60. The van der Waals surface area contributed by atoms with E-state index in [-0.39, 0.29) is 30.7 Å². The maximum Gasteiger partial charge on any atom is 0.303 e. The third kappa shape index (κ3) is 5.28. The van der Waals surface area contributed by atoms with Gasteiger partial charge in [-0.2, -0.15) is 5.10 Å². The van der Waals surface area contributed by atoms with Gasteiger partial charge in [-0.15, -0.1) is 0 Å². The maximum atomic E-state index is 13.6. The second-order valence-electron chi connectivity index (χ2n) is 9.06. The molecule has 1 amide bonds. The van der Waals surface area contributed by atoms with Gasteiger partial charge in [0.15, 0.2) is 0 Å². The number of pyridine rings is 1. The molecule has 9 heteroatoms. The minimum absolute atomic E-state index is 0.0359. The first-order chi connectivity index (χ1) is 18.3.